The Bertz CT molecular complexity index is 849. The minimum absolute atomic E-state index is 0.439. The molecule has 1 amide bonds. The van der Waals surface area contributed by atoms with Crippen molar-refractivity contribution in [2.45, 2.75) is 6.92 Å². The Kier molecular flexibility index (Phi) is 2.86. The summed E-state index contributed by atoms with van der Waals surface area (Å²) >= 11 is 0. The number of pyridine rings is 1. The number of fused-ring (bicyclic) bond motifs is 1. The van der Waals surface area contributed by atoms with Crippen LogP contribution in [-0.2, 0) is 7.05 Å². The molecule has 6 nitrogen and oxygen atoms in total. The van der Waals surface area contributed by atoms with E-state index in [1.807, 2.05) is 32.2 Å². The number of nitrogen functional groups attached to an aromatic ring is 1. The summed E-state index contributed by atoms with van der Waals surface area (Å²) in [7, 11) is 1.81. The monoisotopic (exact) mass is 281 g/mol. The van der Waals surface area contributed by atoms with Crippen LogP contribution in [0.25, 0.3) is 22.2 Å². The van der Waals surface area contributed by atoms with Crippen LogP contribution >= 0.6 is 0 Å². The molecule has 6 heteroatoms. The summed E-state index contributed by atoms with van der Waals surface area (Å²) in [6.45, 7) is 1.92. The van der Waals surface area contributed by atoms with Gasteiger partial charge in [-0.2, -0.15) is 5.10 Å². The zero-order valence-electron chi connectivity index (χ0n) is 11.8. The Balaban J connectivity index is 2.26. The summed E-state index contributed by atoms with van der Waals surface area (Å²) in [4.78, 5) is 15.6. The summed E-state index contributed by atoms with van der Waals surface area (Å²) in [6.07, 6.45) is 0. The first kappa shape index (κ1) is 13.1. The van der Waals surface area contributed by atoms with Crippen LogP contribution in [-0.4, -0.2) is 20.7 Å². The number of amides is 1. The fourth-order valence-corrected chi connectivity index (χ4v) is 2.44. The predicted octanol–water partition coefficient (Wildman–Crippen LogP) is 1.62. The van der Waals surface area contributed by atoms with E-state index in [1.54, 1.807) is 16.8 Å². The fraction of sp³-hybridized carbons (Fsp3) is 0.133. The van der Waals surface area contributed by atoms with Crippen LogP contribution in [0, 0.1) is 6.92 Å². The maximum atomic E-state index is 11.2. The SMILES string of the molecule is Cc1cc(-c2ccc(C(N)=O)cc2)c2c(N)nn(C)c2n1. The molecule has 2 heterocycles. The van der Waals surface area contributed by atoms with Crippen LogP contribution in [0.3, 0.4) is 0 Å². The lowest BCUT2D eigenvalue weighted by Crippen LogP contribution is -2.10. The highest BCUT2D eigenvalue weighted by Crippen LogP contribution is 2.32. The molecule has 0 fully saturated rings. The molecule has 0 unspecified atom stereocenters. The number of carbonyl (C=O) groups excluding carboxylic acids is 1. The lowest BCUT2D eigenvalue weighted by Gasteiger charge is -2.06. The molecule has 0 saturated carbocycles. The molecule has 21 heavy (non-hydrogen) atoms. The van der Waals surface area contributed by atoms with E-state index in [9.17, 15) is 4.79 Å². The number of benzene rings is 1. The lowest BCUT2D eigenvalue weighted by atomic mass is 10.0. The lowest BCUT2D eigenvalue weighted by molar-refractivity contribution is 0.100. The number of carbonyl (C=O) groups is 1. The maximum absolute atomic E-state index is 11.2. The van der Waals surface area contributed by atoms with Crippen molar-refractivity contribution in [1.29, 1.82) is 0 Å². The standard InChI is InChI=1S/C15H15N5O/c1-8-7-11(9-3-5-10(6-4-9)14(17)21)12-13(16)19-20(2)15(12)18-8/h3-7H,1-2H3,(H2,16,19)(H2,17,21). The highest BCUT2D eigenvalue weighted by Gasteiger charge is 2.14. The minimum Gasteiger partial charge on any atom is -0.382 e. The van der Waals surface area contributed by atoms with Crippen molar-refractivity contribution in [1.82, 2.24) is 14.8 Å². The van der Waals surface area contributed by atoms with Gasteiger partial charge in [-0.25, -0.2) is 9.67 Å². The van der Waals surface area contributed by atoms with Gasteiger partial charge < -0.3 is 11.5 Å². The molecule has 0 aliphatic heterocycles. The van der Waals surface area contributed by atoms with E-state index in [2.05, 4.69) is 10.1 Å². The molecule has 3 rings (SSSR count). The van der Waals surface area contributed by atoms with Crippen molar-refractivity contribution in [2.24, 2.45) is 12.8 Å². The third-order valence-corrected chi connectivity index (χ3v) is 3.43. The largest absolute Gasteiger partial charge is 0.382 e. The van der Waals surface area contributed by atoms with E-state index in [0.29, 0.717) is 11.4 Å². The minimum atomic E-state index is -0.446. The molecule has 4 N–H and O–H groups in total. The van der Waals surface area contributed by atoms with Gasteiger partial charge in [0.1, 0.15) is 0 Å². The van der Waals surface area contributed by atoms with Crippen LogP contribution in [0.15, 0.2) is 30.3 Å². The molecule has 1 aromatic carbocycles. The van der Waals surface area contributed by atoms with Gasteiger partial charge in [0, 0.05) is 18.3 Å². The second-order valence-electron chi connectivity index (χ2n) is 4.96. The zero-order valence-corrected chi connectivity index (χ0v) is 11.8. The van der Waals surface area contributed by atoms with Gasteiger partial charge in [-0.05, 0) is 36.2 Å². The van der Waals surface area contributed by atoms with Gasteiger partial charge >= 0.3 is 0 Å². The van der Waals surface area contributed by atoms with Gasteiger partial charge in [0.25, 0.3) is 0 Å². The van der Waals surface area contributed by atoms with E-state index >= 15 is 0 Å². The first-order valence-corrected chi connectivity index (χ1v) is 6.47. The molecule has 0 saturated heterocycles. The molecule has 0 bridgehead atoms. The number of nitrogens with zero attached hydrogens (tertiary/aromatic N) is 3. The molecule has 0 atom stereocenters. The number of anilines is 1. The molecule has 0 aliphatic carbocycles. The number of primary amides is 1. The first-order chi connectivity index (χ1) is 9.97. The van der Waals surface area contributed by atoms with Gasteiger partial charge in [-0.15, -0.1) is 0 Å². The summed E-state index contributed by atoms with van der Waals surface area (Å²) in [5, 5.41) is 5.04. The van der Waals surface area contributed by atoms with Crippen LogP contribution in [0.1, 0.15) is 16.1 Å². The third-order valence-electron chi connectivity index (χ3n) is 3.43. The second-order valence-corrected chi connectivity index (χ2v) is 4.96. The number of hydrogen-bond acceptors (Lipinski definition) is 4. The van der Waals surface area contributed by atoms with E-state index in [4.69, 9.17) is 11.5 Å². The molecule has 3 aromatic rings. The maximum Gasteiger partial charge on any atom is 0.248 e. The third kappa shape index (κ3) is 2.10. The molecule has 106 valence electrons. The summed E-state index contributed by atoms with van der Waals surface area (Å²) in [6, 6.07) is 9.05. The normalized spacial score (nSPS) is 11.0. The van der Waals surface area contributed by atoms with Crippen molar-refractivity contribution in [3.63, 3.8) is 0 Å². The van der Waals surface area contributed by atoms with Crippen LogP contribution in [0.2, 0.25) is 0 Å². The van der Waals surface area contributed by atoms with Crippen LogP contribution in [0.5, 0.6) is 0 Å². The van der Waals surface area contributed by atoms with Crippen molar-refractivity contribution < 1.29 is 4.79 Å². The predicted molar refractivity (Wildman–Crippen MR) is 81.6 cm³/mol. The fourth-order valence-electron chi connectivity index (χ4n) is 2.44. The Hall–Kier alpha value is -2.89. The van der Waals surface area contributed by atoms with E-state index in [-0.39, 0.29) is 0 Å². The summed E-state index contributed by atoms with van der Waals surface area (Å²) < 4.78 is 1.67. The first-order valence-electron chi connectivity index (χ1n) is 6.47. The second kappa shape index (κ2) is 4.59. The number of nitrogens with two attached hydrogens (primary N) is 2. The molecule has 2 aromatic heterocycles. The van der Waals surface area contributed by atoms with Gasteiger partial charge in [0.15, 0.2) is 11.5 Å². The van der Waals surface area contributed by atoms with Crippen molar-refractivity contribution in [3.8, 4) is 11.1 Å². The summed E-state index contributed by atoms with van der Waals surface area (Å²) in [5.74, 6) is -0.00697. The summed E-state index contributed by atoms with van der Waals surface area (Å²) in [5.41, 5.74) is 15.2. The molecule has 0 spiro atoms. The van der Waals surface area contributed by atoms with E-state index in [0.717, 1.165) is 27.9 Å². The smallest absolute Gasteiger partial charge is 0.248 e. The Morgan fingerprint density at radius 3 is 2.52 bits per heavy atom. The molecule has 0 radical (unpaired) electrons. The van der Waals surface area contributed by atoms with E-state index < -0.39 is 5.91 Å². The highest BCUT2D eigenvalue weighted by molar-refractivity contribution is 6.01. The Morgan fingerprint density at radius 2 is 1.90 bits per heavy atom. The van der Waals surface area contributed by atoms with Crippen LogP contribution in [0.4, 0.5) is 5.82 Å². The number of aromatic nitrogens is 3. The van der Waals surface area contributed by atoms with Crippen molar-refractivity contribution in [2.75, 3.05) is 5.73 Å². The quantitative estimate of drug-likeness (QED) is 0.745. The number of aryl methyl sites for hydroxylation is 2. The Morgan fingerprint density at radius 1 is 1.24 bits per heavy atom. The zero-order chi connectivity index (χ0) is 15.1. The average molecular weight is 281 g/mol. The van der Waals surface area contributed by atoms with Gasteiger partial charge in [0.2, 0.25) is 5.91 Å². The van der Waals surface area contributed by atoms with Crippen molar-refractivity contribution >= 4 is 22.8 Å². The topological polar surface area (TPSA) is 99.8 Å². The van der Waals surface area contributed by atoms with Gasteiger partial charge in [-0.3, -0.25) is 4.79 Å². The number of rotatable bonds is 2. The van der Waals surface area contributed by atoms with Gasteiger partial charge in [-0.1, -0.05) is 12.1 Å². The average Bonchev–Trinajstić information content (AvgIpc) is 2.73. The number of hydrogen-bond donors (Lipinski definition) is 2. The van der Waals surface area contributed by atoms with Crippen molar-refractivity contribution in [3.05, 3.63) is 41.6 Å². The van der Waals surface area contributed by atoms with Gasteiger partial charge in [0.05, 0.1) is 5.39 Å². The molecular formula is C15H15N5O. The molecular weight excluding hydrogens is 266 g/mol. The molecule has 0 aliphatic rings. The van der Waals surface area contributed by atoms with E-state index in [1.165, 1.54) is 0 Å². The Labute approximate surface area is 121 Å². The van der Waals surface area contributed by atoms with Crippen LogP contribution < -0.4 is 11.5 Å². The highest BCUT2D eigenvalue weighted by atomic mass is 16.1.